The Bertz CT molecular complexity index is 1380. The van der Waals surface area contributed by atoms with E-state index in [0.29, 0.717) is 27.4 Å². The second-order valence-corrected chi connectivity index (χ2v) is 7.58. The van der Waals surface area contributed by atoms with Crippen molar-refractivity contribution in [2.24, 2.45) is 0 Å². The number of nitrogens with one attached hydrogen (secondary N) is 2. The number of para-hydroxylation sites is 1. The fraction of sp³-hybridized carbons (Fsp3) is 0.120. The van der Waals surface area contributed by atoms with Gasteiger partial charge in [0.15, 0.2) is 0 Å². The quantitative estimate of drug-likeness (QED) is 0.318. The maximum atomic E-state index is 13.7. The molecule has 0 aliphatic carbocycles. The fourth-order valence-electron chi connectivity index (χ4n) is 3.56. The SMILES string of the molecule is COC(=O)c1cccc(-c2ccc(/C=C3/NC(=O)N(CC(=O)Nc4ccccc4F)C3=O)o2)c1C. The average molecular weight is 477 g/mol. The number of carbonyl (C=O) groups excluding carboxylic acids is 4. The Morgan fingerprint density at radius 1 is 1.11 bits per heavy atom. The highest BCUT2D eigenvalue weighted by Crippen LogP contribution is 2.29. The van der Waals surface area contributed by atoms with Crippen LogP contribution in [0.15, 0.2) is 64.7 Å². The zero-order valence-corrected chi connectivity index (χ0v) is 18.8. The van der Waals surface area contributed by atoms with Crippen LogP contribution in [0, 0.1) is 12.7 Å². The summed E-state index contributed by atoms with van der Waals surface area (Å²) in [5, 5.41) is 4.73. The van der Waals surface area contributed by atoms with Crippen molar-refractivity contribution in [1.29, 1.82) is 0 Å². The zero-order chi connectivity index (χ0) is 25.1. The summed E-state index contributed by atoms with van der Waals surface area (Å²) >= 11 is 0. The molecule has 1 aromatic heterocycles. The summed E-state index contributed by atoms with van der Waals surface area (Å²) in [6, 6.07) is 13.1. The molecule has 1 aliphatic rings. The number of esters is 1. The van der Waals surface area contributed by atoms with E-state index in [0.717, 1.165) is 0 Å². The third-order valence-corrected chi connectivity index (χ3v) is 5.33. The van der Waals surface area contributed by atoms with Crippen LogP contribution in [0.3, 0.4) is 0 Å². The number of benzene rings is 2. The van der Waals surface area contributed by atoms with E-state index in [2.05, 4.69) is 10.6 Å². The Hall–Kier alpha value is -4.73. The number of nitrogens with zero attached hydrogens (tertiary/aromatic N) is 1. The van der Waals surface area contributed by atoms with Crippen LogP contribution in [0.5, 0.6) is 0 Å². The Kier molecular flexibility index (Phi) is 6.45. The summed E-state index contributed by atoms with van der Waals surface area (Å²) in [6.07, 6.45) is 1.33. The van der Waals surface area contributed by atoms with Crippen molar-refractivity contribution in [2.75, 3.05) is 19.0 Å². The van der Waals surface area contributed by atoms with Gasteiger partial charge in [-0.1, -0.05) is 24.3 Å². The van der Waals surface area contributed by atoms with Crippen LogP contribution in [0.4, 0.5) is 14.9 Å². The first-order valence-corrected chi connectivity index (χ1v) is 10.5. The Morgan fingerprint density at radius 2 is 1.89 bits per heavy atom. The van der Waals surface area contributed by atoms with E-state index in [9.17, 15) is 23.6 Å². The maximum Gasteiger partial charge on any atom is 0.338 e. The van der Waals surface area contributed by atoms with Crippen LogP contribution in [0.25, 0.3) is 17.4 Å². The van der Waals surface area contributed by atoms with Crippen molar-refractivity contribution in [2.45, 2.75) is 6.92 Å². The number of amides is 4. The van der Waals surface area contributed by atoms with Crippen LogP contribution < -0.4 is 10.6 Å². The highest BCUT2D eigenvalue weighted by atomic mass is 19.1. The minimum atomic E-state index is -0.793. The molecule has 2 N–H and O–H groups in total. The predicted molar refractivity (Wildman–Crippen MR) is 123 cm³/mol. The summed E-state index contributed by atoms with van der Waals surface area (Å²) in [6.45, 7) is 1.16. The van der Waals surface area contributed by atoms with Gasteiger partial charge in [0, 0.05) is 11.6 Å². The van der Waals surface area contributed by atoms with Gasteiger partial charge in [0.2, 0.25) is 5.91 Å². The van der Waals surface area contributed by atoms with Gasteiger partial charge in [-0.2, -0.15) is 0 Å². The molecule has 0 unspecified atom stereocenters. The first-order valence-electron chi connectivity index (χ1n) is 10.5. The molecule has 4 amide bonds. The largest absolute Gasteiger partial charge is 0.465 e. The number of ether oxygens (including phenoxy) is 1. The molecular formula is C25H20FN3O6. The van der Waals surface area contributed by atoms with Gasteiger partial charge in [0.05, 0.1) is 18.4 Å². The summed E-state index contributed by atoms with van der Waals surface area (Å²) in [5.41, 5.74) is 1.56. The van der Waals surface area contributed by atoms with E-state index in [-0.39, 0.29) is 17.1 Å². The van der Waals surface area contributed by atoms with Gasteiger partial charge in [-0.05, 0) is 42.8 Å². The minimum Gasteiger partial charge on any atom is -0.465 e. The summed E-state index contributed by atoms with van der Waals surface area (Å²) in [7, 11) is 1.30. The smallest absolute Gasteiger partial charge is 0.338 e. The monoisotopic (exact) mass is 477 g/mol. The topological polar surface area (TPSA) is 118 Å². The lowest BCUT2D eigenvalue weighted by Crippen LogP contribution is -2.38. The molecule has 3 aromatic rings. The van der Waals surface area contributed by atoms with Gasteiger partial charge in [-0.15, -0.1) is 0 Å². The first kappa shape index (κ1) is 23.4. The summed E-state index contributed by atoms with van der Waals surface area (Å²) in [5.74, 6) is -1.87. The number of hydrogen-bond donors (Lipinski definition) is 2. The molecule has 0 bridgehead atoms. The average Bonchev–Trinajstić information content (AvgIpc) is 3.40. The number of anilines is 1. The van der Waals surface area contributed by atoms with Crippen molar-refractivity contribution in [1.82, 2.24) is 10.2 Å². The summed E-state index contributed by atoms with van der Waals surface area (Å²) < 4.78 is 24.3. The number of urea groups is 1. The molecular weight excluding hydrogens is 457 g/mol. The second kappa shape index (κ2) is 9.64. The van der Waals surface area contributed by atoms with Crippen LogP contribution >= 0.6 is 0 Å². The summed E-state index contributed by atoms with van der Waals surface area (Å²) in [4.78, 5) is 49.9. The van der Waals surface area contributed by atoms with Crippen molar-refractivity contribution in [3.05, 3.63) is 83.0 Å². The number of methoxy groups -OCH3 is 1. The molecule has 2 heterocycles. The molecule has 10 heteroatoms. The van der Waals surface area contributed by atoms with Crippen molar-refractivity contribution < 1.29 is 32.7 Å². The number of hydrogen-bond acceptors (Lipinski definition) is 6. The number of furan rings is 1. The van der Waals surface area contributed by atoms with Gasteiger partial charge >= 0.3 is 12.0 Å². The Morgan fingerprint density at radius 3 is 2.63 bits per heavy atom. The number of halogens is 1. The second-order valence-electron chi connectivity index (χ2n) is 7.58. The molecule has 0 saturated carbocycles. The maximum absolute atomic E-state index is 13.7. The van der Waals surface area contributed by atoms with Gasteiger partial charge in [-0.3, -0.25) is 9.59 Å². The van der Waals surface area contributed by atoms with Crippen molar-refractivity contribution >= 4 is 35.6 Å². The highest BCUT2D eigenvalue weighted by molar-refractivity contribution is 6.15. The molecule has 0 spiro atoms. The predicted octanol–water partition coefficient (Wildman–Crippen LogP) is 3.71. The number of imide groups is 1. The lowest BCUT2D eigenvalue weighted by Gasteiger charge is -2.12. The van der Waals surface area contributed by atoms with E-state index in [1.807, 2.05) is 0 Å². The lowest BCUT2D eigenvalue weighted by molar-refractivity contribution is -0.127. The van der Waals surface area contributed by atoms with Crippen LogP contribution in [-0.4, -0.2) is 42.4 Å². The minimum absolute atomic E-state index is 0.0602. The third-order valence-electron chi connectivity index (χ3n) is 5.33. The van der Waals surface area contributed by atoms with Gasteiger partial charge in [0.25, 0.3) is 5.91 Å². The molecule has 0 radical (unpaired) electrons. The highest BCUT2D eigenvalue weighted by Gasteiger charge is 2.35. The number of rotatable bonds is 6. The van der Waals surface area contributed by atoms with Gasteiger partial charge in [-0.25, -0.2) is 18.9 Å². The van der Waals surface area contributed by atoms with E-state index < -0.39 is 36.2 Å². The van der Waals surface area contributed by atoms with Crippen LogP contribution in [-0.2, 0) is 14.3 Å². The molecule has 9 nitrogen and oxygen atoms in total. The first-order chi connectivity index (χ1) is 16.8. The molecule has 4 rings (SSSR count). The van der Waals surface area contributed by atoms with Crippen LogP contribution in [0.1, 0.15) is 21.7 Å². The van der Waals surface area contributed by atoms with Crippen molar-refractivity contribution in [3.8, 4) is 11.3 Å². The Labute approximate surface area is 199 Å². The number of carbonyl (C=O) groups is 4. The lowest BCUT2D eigenvalue weighted by atomic mass is 10.0. The molecule has 1 saturated heterocycles. The standard InChI is InChI=1S/C25H20FN3O6/c1-14-16(6-5-7-17(14)24(32)34-2)21-11-10-15(35-21)12-20-23(31)29(25(33)28-20)13-22(30)27-19-9-4-3-8-18(19)26/h3-12H,13H2,1-2H3,(H,27,30)(H,28,33)/b20-12+. The third kappa shape index (κ3) is 4.81. The van der Waals surface area contributed by atoms with E-state index in [1.165, 1.54) is 37.5 Å². The molecule has 35 heavy (non-hydrogen) atoms. The van der Waals surface area contributed by atoms with E-state index >= 15 is 0 Å². The molecule has 178 valence electrons. The van der Waals surface area contributed by atoms with Crippen LogP contribution in [0.2, 0.25) is 0 Å². The van der Waals surface area contributed by atoms with Gasteiger partial charge < -0.3 is 19.8 Å². The Balaban J connectivity index is 1.49. The normalized spacial score (nSPS) is 14.3. The molecule has 0 atom stereocenters. The van der Waals surface area contributed by atoms with Gasteiger partial charge in [0.1, 0.15) is 29.6 Å². The van der Waals surface area contributed by atoms with E-state index in [1.54, 1.807) is 37.3 Å². The fourth-order valence-corrected chi connectivity index (χ4v) is 3.56. The molecule has 1 fully saturated rings. The van der Waals surface area contributed by atoms with E-state index in [4.69, 9.17) is 9.15 Å². The molecule has 2 aromatic carbocycles. The zero-order valence-electron chi connectivity index (χ0n) is 18.8. The molecule has 1 aliphatic heterocycles. The van der Waals surface area contributed by atoms with Crippen molar-refractivity contribution in [3.63, 3.8) is 0 Å².